The van der Waals surface area contributed by atoms with Gasteiger partial charge in [-0.05, 0) is 32.1 Å². The molecule has 3 atom stereocenters. The van der Waals surface area contributed by atoms with Crippen molar-refractivity contribution in [1.82, 2.24) is 5.32 Å². The van der Waals surface area contributed by atoms with Crippen molar-refractivity contribution in [3.05, 3.63) is 12.2 Å². The lowest BCUT2D eigenvalue weighted by atomic mass is 9.86. The molecule has 0 aliphatic carbocycles. The highest BCUT2D eigenvalue weighted by Crippen LogP contribution is 2.29. The standard InChI is InChI=1S/C19H35NO6SSi2/c1-28(2,3)13-12-25-19(23)15(14-16(21)20-17(14)27)18(22)24-10-8-7-9-11-26-29(4,5)6/h7-8,14-15,17,27H,9-13H2,1-6H3,(H,20,21)/t14-,15?,17+/m0/s1. The molecule has 0 aromatic rings. The Balaban J connectivity index is 2.56. The van der Waals surface area contributed by atoms with Crippen LogP contribution in [0.25, 0.3) is 0 Å². The first-order valence-electron chi connectivity index (χ1n) is 9.92. The van der Waals surface area contributed by atoms with E-state index in [0.717, 1.165) is 6.04 Å². The zero-order valence-corrected chi connectivity index (χ0v) is 21.2. The largest absolute Gasteiger partial charge is 0.465 e. The number of thiol groups is 1. The molecule has 166 valence electrons. The second-order valence-corrected chi connectivity index (χ2v) is 20.0. The molecule has 1 fully saturated rings. The summed E-state index contributed by atoms with van der Waals surface area (Å²) in [4.78, 5) is 36.9. The lowest BCUT2D eigenvalue weighted by Crippen LogP contribution is -2.61. The Morgan fingerprint density at radius 2 is 1.69 bits per heavy atom. The van der Waals surface area contributed by atoms with Crippen LogP contribution in [-0.2, 0) is 28.3 Å². The third-order valence-electron chi connectivity index (χ3n) is 4.20. The Bertz CT molecular complexity index is 615. The maximum absolute atomic E-state index is 12.5. The van der Waals surface area contributed by atoms with Gasteiger partial charge in [0.05, 0.1) is 17.9 Å². The van der Waals surface area contributed by atoms with Crippen LogP contribution < -0.4 is 5.32 Å². The van der Waals surface area contributed by atoms with E-state index in [-0.39, 0.29) is 13.2 Å². The van der Waals surface area contributed by atoms with E-state index in [4.69, 9.17) is 13.9 Å². The van der Waals surface area contributed by atoms with Gasteiger partial charge in [-0.1, -0.05) is 31.8 Å². The molecule has 1 aliphatic rings. The molecule has 10 heteroatoms. The Hall–Kier alpha value is -1.11. The number of hydrogen-bond acceptors (Lipinski definition) is 7. The Morgan fingerprint density at radius 1 is 1.07 bits per heavy atom. The Labute approximate surface area is 181 Å². The molecule has 0 saturated carbocycles. The summed E-state index contributed by atoms with van der Waals surface area (Å²) in [5, 5.41) is 1.95. The minimum Gasteiger partial charge on any atom is -0.465 e. The third kappa shape index (κ3) is 9.97. The van der Waals surface area contributed by atoms with Crippen molar-refractivity contribution in [2.24, 2.45) is 11.8 Å². The van der Waals surface area contributed by atoms with Gasteiger partial charge in [0.15, 0.2) is 14.2 Å². The van der Waals surface area contributed by atoms with E-state index in [0.29, 0.717) is 13.0 Å². The highest BCUT2D eigenvalue weighted by atomic mass is 32.1. The van der Waals surface area contributed by atoms with Gasteiger partial charge in [-0.25, -0.2) is 0 Å². The molecule has 1 amide bonds. The van der Waals surface area contributed by atoms with Crippen molar-refractivity contribution < 1.29 is 28.3 Å². The second-order valence-electron chi connectivity index (χ2n) is 9.29. The number of carbonyl (C=O) groups excluding carboxylic acids is 3. The molecule has 29 heavy (non-hydrogen) atoms. The monoisotopic (exact) mass is 461 g/mol. The quantitative estimate of drug-likeness (QED) is 0.0883. The number of rotatable bonds is 12. The van der Waals surface area contributed by atoms with E-state index >= 15 is 0 Å². The number of amides is 1. The molecule has 0 aromatic carbocycles. The van der Waals surface area contributed by atoms with Gasteiger partial charge < -0.3 is 19.2 Å². The van der Waals surface area contributed by atoms with Crippen molar-refractivity contribution in [3.63, 3.8) is 0 Å². The van der Waals surface area contributed by atoms with Crippen LogP contribution in [0.1, 0.15) is 6.42 Å². The molecular weight excluding hydrogens is 426 g/mol. The molecule has 1 unspecified atom stereocenters. The minimum atomic E-state index is -1.53. The van der Waals surface area contributed by atoms with Crippen LogP contribution in [0, 0.1) is 11.8 Å². The van der Waals surface area contributed by atoms with E-state index in [1.54, 1.807) is 6.08 Å². The van der Waals surface area contributed by atoms with Gasteiger partial charge in [-0.15, -0.1) is 0 Å². The summed E-state index contributed by atoms with van der Waals surface area (Å²) in [6.45, 7) is 13.7. The van der Waals surface area contributed by atoms with Crippen LogP contribution in [0.15, 0.2) is 12.2 Å². The molecule has 1 saturated heterocycles. The predicted molar refractivity (Wildman–Crippen MR) is 121 cm³/mol. The van der Waals surface area contributed by atoms with Crippen molar-refractivity contribution in [2.45, 2.75) is 57.1 Å². The summed E-state index contributed by atoms with van der Waals surface area (Å²) in [6.07, 6.45) is 4.29. The van der Waals surface area contributed by atoms with Gasteiger partial charge in [-0.2, -0.15) is 12.6 Å². The van der Waals surface area contributed by atoms with Gasteiger partial charge in [0.25, 0.3) is 0 Å². The number of hydrogen-bond donors (Lipinski definition) is 2. The average molecular weight is 462 g/mol. The highest BCUT2D eigenvalue weighted by molar-refractivity contribution is 7.81. The molecule has 0 spiro atoms. The van der Waals surface area contributed by atoms with Crippen LogP contribution in [0.2, 0.25) is 45.3 Å². The maximum atomic E-state index is 12.5. The zero-order chi connectivity index (χ0) is 22.2. The highest BCUT2D eigenvalue weighted by Gasteiger charge is 2.51. The first kappa shape index (κ1) is 25.9. The fourth-order valence-electron chi connectivity index (χ4n) is 2.49. The van der Waals surface area contributed by atoms with Crippen molar-refractivity contribution >= 4 is 46.9 Å². The number of esters is 2. The van der Waals surface area contributed by atoms with E-state index in [1.165, 1.54) is 0 Å². The normalized spacial score (nSPS) is 20.7. The van der Waals surface area contributed by atoms with E-state index in [1.807, 2.05) is 6.08 Å². The smallest absolute Gasteiger partial charge is 0.321 e. The van der Waals surface area contributed by atoms with Gasteiger partial charge in [-0.3, -0.25) is 14.4 Å². The molecule has 0 aromatic heterocycles. The van der Waals surface area contributed by atoms with Crippen LogP contribution >= 0.6 is 12.6 Å². The lowest BCUT2D eigenvalue weighted by Gasteiger charge is -2.36. The summed E-state index contributed by atoms with van der Waals surface area (Å²) in [6, 6.07) is 0.782. The van der Waals surface area contributed by atoms with E-state index in [2.05, 4.69) is 57.2 Å². The van der Waals surface area contributed by atoms with Crippen molar-refractivity contribution in [3.8, 4) is 0 Å². The zero-order valence-electron chi connectivity index (χ0n) is 18.3. The van der Waals surface area contributed by atoms with Gasteiger partial charge in [0.2, 0.25) is 5.91 Å². The Kier molecular flexibility index (Phi) is 10.1. The van der Waals surface area contributed by atoms with Crippen LogP contribution in [0.3, 0.4) is 0 Å². The first-order valence-corrected chi connectivity index (χ1v) is 17.6. The predicted octanol–water partition coefficient (Wildman–Crippen LogP) is 2.83. The summed E-state index contributed by atoms with van der Waals surface area (Å²) < 4.78 is 16.2. The minimum absolute atomic E-state index is 0.0239. The Morgan fingerprint density at radius 3 is 2.21 bits per heavy atom. The molecule has 1 N–H and O–H groups in total. The van der Waals surface area contributed by atoms with Crippen molar-refractivity contribution in [1.29, 1.82) is 0 Å². The number of β-lactam (4-membered cyclic amide) rings is 1. The van der Waals surface area contributed by atoms with Crippen LogP contribution in [0.4, 0.5) is 0 Å². The second kappa shape index (κ2) is 11.3. The SMILES string of the molecule is C[Si](C)(C)CCOC(=O)C(C(=O)OCC=CCCO[Si](C)(C)C)[C@H]1C(=O)N[C@@H]1S. The fourth-order valence-corrected chi connectivity index (χ4v) is 4.37. The lowest BCUT2D eigenvalue weighted by molar-refractivity contribution is -0.169. The first-order chi connectivity index (χ1) is 13.3. The number of nitrogens with one attached hydrogen (secondary N) is 1. The molecular formula is C19H35NO6SSi2. The van der Waals surface area contributed by atoms with Crippen LogP contribution in [0.5, 0.6) is 0 Å². The average Bonchev–Trinajstić information content (AvgIpc) is 2.56. The van der Waals surface area contributed by atoms with Crippen LogP contribution in [-0.4, -0.2) is 59.4 Å². The molecule has 0 bridgehead atoms. The topological polar surface area (TPSA) is 90.9 Å². The summed E-state index contributed by atoms with van der Waals surface area (Å²) >= 11 is 4.21. The van der Waals surface area contributed by atoms with E-state index in [9.17, 15) is 14.4 Å². The third-order valence-corrected chi connectivity index (χ3v) is 7.43. The molecule has 1 aliphatic heterocycles. The maximum Gasteiger partial charge on any atom is 0.321 e. The fraction of sp³-hybridized carbons (Fsp3) is 0.737. The number of ether oxygens (including phenoxy) is 2. The van der Waals surface area contributed by atoms with Gasteiger partial charge >= 0.3 is 11.9 Å². The molecule has 1 rings (SSSR count). The number of carbonyl (C=O) groups is 3. The van der Waals surface area contributed by atoms with Gasteiger partial charge in [0.1, 0.15) is 6.61 Å². The molecule has 7 nitrogen and oxygen atoms in total. The molecule has 0 radical (unpaired) electrons. The van der Waals surface area contributed by atoms with Crippen molar-refractivity contribution in [2.75, 3.05) is 19.8 Å². The summed E-state index contributed by atoms with van der Waals surface area (Å²) in [5.41, 5.74) is 0. The summed E-state index contributed by atoms with van der Waals surface area (Å²) in [5.74, 6) is -4.05. The molecule has 1 heterocycles. The van der Waals surface area contributed by atoms with Gasteiger partial charge in [0, 0.05) is 14.7 Å². The van der Waals surface area contributed by atoms with E-state index < -0.39 is 51.4 Å². The summed E-state index contributed by atoms with van der Waals surface area (Å²) in [7, 11) is -2.92.